The van der Waals surface area contributed by atoms with E-state index in [0.717, 1.165) is 29.3 Å². The van der Waals surface area contributed by atoms with Crippen LogP contribution in [-0.2, 0) is 14.0 Å². The van der Waals surface area contributed by atoms with Crippen LogP contribution in [0.15, 0.2) is 60.2 Å². The van der Waals surface area contributed by atoms with Crippen molar-refractivity contribution in [2.24, 2.45) is 5.41 Å². The van der Waals surface area contributed by atoms with Crippen LogP contribution in [0.3, 0.4) is 0 Å². The summed E-state index contributed by atoms with van der Waals surface area (Å²) in [5.74, 6) is -0.996. The van der Waals surface area contributed by atoms with Crippen LogP contribution < -0.4 is 5.32 Å². The lowest BCUT2D eigenvalue weighted by Crippen LogP contribution is -2.44. The fraction of sp³-hybridized carbons (Fsp3) is 0.467. The maximum absolute atomic E-state index is 12.8. The Hall–Kier alpha value is -2.90. The number of carboxylic acids is 1. The van der Waals surface area contributed by atoms with Crippen molar-refractivity contribution >= 4 is 20.4 Å². The van der Waals surface area contributed by atoms with E-state index in [1.807, 2.05) is 45.0 Å². The number of alkyl carbamates (subject to hydrolysis) is 1. The van der Waals surface area contributed by atoms with Gasteiger partial charge in [0.15, 0.2) is 8.32 Å². The topological polar surface area (TPSA) is 84.9 Å². The summed E-state index contributed by atoms with van der Waals surface area (Å²) in [7, 11) is -2.06. The van der Waals surface area contributed by atoms with Crippen LogP contribution in [0, 0.1) is 5.41 Å². The SMILES string of the molecule is CC[Si](CC)(CC)O[C@H](/C=C(/C(=O)O)C(C)(C)C)CNC(=O)OCC1c2ccccc2-c2ccccc21. The number of carboxylic acid groups (broad SMARTS) is 1. The maximum Gasteiger partial charge on any atom is 0.407 e. The van der Waals surface area contributed by atoms with Gasteiger partial charge in [-0.1, -0.05) is 90.1 Å². The second-order valence-corrected chi connectivity index (χ2v) is 15.5. The second kappa shape index (κ2) is 12.1. The summed E-state index contributed by atoms with van der Waals surface area (Å²) in [5.41, 5.74) is 4.37. The van der Waals surface area contributed by atoms with Crippen LogP contribution in [0.5, 0.6) is 0 Å². The predicted molar refractivity (Wildman–Crippen MR) is 150 cm³/mol. The van der Waals surface area contributed by atoms with Crippen LogP contribution in [0.25, 0.3) is 11.1 Å². The van der Waals surface area contributed by atoms with E-state index in [1.165, 1.54) is 11.1 Å². The molecule has 1 aliphatic carbocycles. The Bertz CT molecular complexity index is 1080. The molecule has 0 heterocycles. The molecule has 1 atom stereocenters. The van der Waals surface area contributed by atoms with Crippen molar-refractivity contribution in [3.63, 3.8) is 0 Å². The van der Waals surface area contributed by atoms with Gasteiger partial charge in [-0.15, -0.1) is 0 Å². The number of fused-ring (bicyclic) bond motifs is 3. The van der Waals surface area contributed by atoms with Crippen molar-refractivity contribution in [1.82, 2.24) is 5.32 Å². The van der Waals surface area contributed by atoms with E-state index in [0.29, 0.717) is 0 Å². The molecule has 6 nitrogen and oxygen atoms in total. The first kappa shape index (κ1) is 28.7. The Labute approximate surface area is 222 Å². The molecule has 0 bridgehead atoms. The number of rotatable bonds is 11. The standard InChI is InChI=1S/C30H41NO5Si/c1-7-37(8-2,9-3)36-21(18-27(28(32)33)30(4,5)6)19-31-29(34)35-20-26-24-16-12-10-14-22(24)23-15-11-13-17-25(23)26/h10-18,21,26H,7-9,19-20H2,1-6H3,(H,31,34)(H,32,33)/b27-18-/t21-/m1/s1. The molecule has 3 rings (SSSR count). The Morgan fingerprint density at radius 2 is 1.49 bits per heavy atom. The van der Waals surface area contributed by atoms with Crippen LogP contribution >= 0.6 is 0 Å². The smallest absolute Gasteiger partial charge is 0.407 e. The molecular weight excluding hydrogens is 482 g/mol. The Balaban J connectivity index is 1.73. The third-order valence-electron chi connectivity index (χ3n) is 7.52. The number of hydrogen-bond acceptors (Lipinski definition) is 4. The Morgan fingerprint density at radius 3 is 1.95 bits per heavy atom. The third kappa shape index (κ3) is 6.70. The van der Waals surface area contributed by atoms with Gasteiger partial charge in [0.1, 0.15) is 6.61 Å². The molecule has 0 aromatic heterocycles. The fourth-order valence-corrected chi connectivity index (χ4v) is 7.91. The summed E-state index contributed by atoms with van der Waals surface area (Å²) < 4.78 is 12.3. The molecule has 0 saturated heterocycles. The van der Waals surface area contributed by atoms with Crippen LogP contribution in [0.2, 0.25) is 18.1 Å². The van der Waals surface area contributed by atoms with Gasteiger partial charge in [-0.25, -0.2) is 9.59 Å². The first-order chi connectivity index (χ1) is 17.5. The number of carbonyl (C=O) groups is 2. The van der Waals surface area contributed by atoms with Gasteiger partial charge in [0.25, 0.3) is 0 Å². The minimum atomic E-state index is -2.06. The quantitative estimate of drug-likeness (QED) is 0.245. The van der Waals surface area contributed by atoms with Crippen molar-refractivity contribution in [3.8, 4) is 11.1 Å². The Kier molecular flexibility index (Phi) is 9.37. The summed E-state index contributed by atoms with van der Waals surface area (Å²) in [6.45, 7) is 12.4. The molecule has 2 aromatic carbocycles. The van der Waals surface area contributed by atoms with Gasteiger partial charge in [-0.05, 0) is 51.9 Å². The van der Waals surface area contributed by atoms with Crippen molar-refractivity contribution in [3.05, 3.63) is 71.3 Å². The monoisotopic (exact) mass is 523 g/mol. The molecule has 2 N–H and O–H groups in total. The Morgan fingerprint density at radius 1 is 0.973 bits per heavy atom. The van der Waals surface area contributed by atoms with Gasteiger partial charge in [-0.3, -0.25) is 0 Å². The summed E-state index contributed by atoms with van der Waals surface area (Å²) in [4.78, 5) is 24.8. The summed E-state index contributed by atoms with van der Waals surface area (Å²) in [6.07, 6.45) is 0.597. The van der Waals surface area contributed by atoms with E-state index in [4.69, 9.17) is 9.16 Å². The third-order valence-corrected chi connectivity index (χ3v) is 12.2. The number of ether oxygens (including phenoxy) is 1. The van der Waals surface area contributed by atoms with Gasteiger partial charge in [0, 0.05) is 18.0 Å². The van der Waals surface area contributed by atoms with Crippen LogP contribution in [-0.4, -0.2) is 44.7 Å². The number of benzene rings is 2. The number of aliphatic carboxylic acids is 1. The van der Waals surface area contributed by atoms with Gasteiger partial charge >= 0.3 is 12.1 Å². The molecule has 1 aliphatic rings. The lowest BCUT2D eigenvalue weighted by molar-refractivity contribution is -0.133. The van der Waals surface area contributed by atoms with E-state index in [-0.39, 0.29) is 24.6 Å². The first-order valence-corrected chi connectivity index (χ1v) is 15.8. The molecule has 7 heteroatoms. The predicted octanol–water partition coefficient (Wildman–Crippen LogP) is 6.97. The van der Waals surface area contributed by atoms with E-state index in [9.17, 15) is 14.7 Å². The van der Waals surface area contributed by atoms with Gasteiger partial charge in [-0.2, -0.15) is 0 Å². The second-order valence-electron chi connectivity index (χ2n) is 10.7. The van der Waals surface area contributed by atoms with Crippen molar-refractivity contribution < 1.29 is 23.9 Å². The molecule has 0 saturated carbocycles. The van der Waals surface area contributed by atoms with E-state index < -0.39 is 31.9 Å². The van der Waals surface area contributed by atoms with Crippen molar-refractivity contribution in [2.45, 2.75) is 71.7 Å². The van der Waals surface area contributed by atoms with Crippen LogP contribution in [0.4, 0.5) is 4.79 Å². The highest BCUT2D eigenvalue weighted by Crippen LogP contribution is 2.44. The molecular formula is C30H41NO5Si. The summed E-state index contributed by atoms with van der Waals surface area (Å²) >= 11 is 0. The van der Waals surface area contributed by atoms with E-state index in [2.05, 4.69) is 50.4 Å². The zero-order valence-corrected chi connectivity index (χ0v) is 24.0. The average Bonchev–Trinajstić information content (AvgIpc) is 3.20. The minimum Gasteiger partial charge on any atom is -0.478 e. The van der Waals surface area contributed by atoms with Gasteiger partial charge < -0.3 is 19.6 Å². The zero-order valence-electron chi connectivity index (χ0n) is 23.0. The lowest BCUT2D eigenvalue weighted by atomic mass is 9.85. The molecule has 0 unspecified atom stereocenters. The molecule has 2 aromatic rings. The highest BCUT2D eigenvalue weighted by molar-refractivity contribution is 6.73. The molecule has 0 radical (unpaired) electrons. The van der Waals surface area contributed by atoms with Crippen LogP contribution in [0.1, 0.15) is 58.6 Å². The number of carbonyl (C=O) groups excluding carboxylic acids is 1. The minimum absolute atomic E-state index is 0.0232. The normalized spacial score (nSPS) is 14.6. The largest absolute Gasteiger partial charge is 0.478 e. The number of hydrogen-bond donors (Lipinski definition) is 2. The lowest BCUT2D eigenvalue weighted by Gasteiger charge is -2.33. The van der Waals surface area contributed by atoms with E-state index in [1.54, 1.807) is 6.08 Å². The summed E-state index contributed by atoms with van der Waals surface area (Å²) in [5, 5.41) is 12.7. The highest BCUT2D eigenvalue weighted by Gasteiger charge is 2.34. The first-order valence-electron chi connectivity index (χ1n) is 13.3. The molecule has 0 spiro atoms. The highest BCUT2D eigenvalue weighted by atomic mass is 28.4. The average molecular weight is 524 g/mol. The molecule has 200 valence electrons. The van der Waals surface area contributed by atoms with Crippen molar-refractivity contribution in [1.29, 1.82) is 0 Å². The van der Waals surface area contributed by atoms with E-state index >= 15 is 0 Å². The van der Waals surface area contributed by atoms with Crippen molar-refractivity contribution in [2.75, 3.05) is 13.2 Å². The number of nitrogens with one attached hydrogen (secondary N) is 1. The summed E-state index contributed by atoms with van der Waals surface area (Å²) in [6, 6.07) is 19.2. The molecule has 0 aliphatic heterocycles. The van der Waals surface area contributed by atoms with Gasteiger partial charge in [0.2, 0.25) is 0 Å². The molecule has 0 fully saturated rings. The zero-order chi connectivity index (χ0) is 27.2. The number of amides is 1. The molecule has 1 amide bonds. The van der Waals surface area contributed by atoms with Gasteiger partial charge in [0.05, 0.1) is 6.10 Å². The fourth-order valence-electron chi connectivity index (χ4n) is 5.12. The molecule has 37 heavy (non-hydrogen) atoms. The maximum atomic E-state index is 12.8.